The van der Waals surface area contributed by atoms with Crippen LogP contribution in [0.1, 0.15) is 36.2 Å². The van der Waals surface area contributed by atoms with Crippen molar-refractivity contribution in [2.45, 2.75) is 31.8 Å². The fourth-order valence-corrected chi connectivity index (χ4v) is 5.56. The molecule has 0 bridgehead atoms. The van der Waals surface area contributed by atoms with Gasteiger partial charge in [0.1, 0.15) is 17.7 Å². The number of benzene rings is 1. The summed E-state index contributed by atoms with van der Waals surface area (Å²) in [4.78, 5) is 32.4. The summed E-state index contributed by atoms with van der Waals surface area (Å²) in [5.41, 5.74) is 1.60. The molecule has 1 aromatic heterocycles. The number of hydrogen-bond donors (Lipinski definition) is 2. The summed E-state index contributed by atoms with van der Waals surface area (Å²) < 4.78 is 25.5. The van der Waals surface area contributed by atoms with Gasteiger partial charge in [0.05, 0.1) is 30.3 Å². The summed E-state index contributed by atoms with van der Waals surface area (Å²) in [5, 5.41) is 14.5. The van der Waals surface area contributed by atoms with E-state index in [1.165, 1.54) is 23.5 Å². The molecule has 4 rings (SSSR count). The Balaban J connectivity index is 1.78. The van der Waals surface area contributed by atoms with Crippen molar-refractivity contribution < 1.29 is 28.6 Å². The average Bonchev–Trinajstić information content (AvgIpc) is 3.38. The lowest BCUT2D eigenvalue weighted by molar-refractivity contribution is -0.139. The zero-order valence-electron chi connectivity index (χ0n) is 19.7. The quantitative estimate of drug-likeness (QED) is 0.431. The molecule has 8 nitrogen and oxygen atoms in total. The minimum absolute atomic E-state index is 0.0226. The SMILES string of the molecule is CCOC(=O)C1=C(CN2CCOCC2CCC(=O)O)NC(c2cccs2)=NC1c1ccc(F)cc1Br. The van der Waals surface area contributed by atoms with Crippen LogP contribution in [-0.2, 0) is 19.1 Å². The highest BCUT2D eigenvalue weighted by atomic mass is 79.9. The van der Waals surface area contributed by atoms with Crippen LogP contribution < -0.4 is 5.32 Å². The summed E-state index contributed by atoms with van der Waals surface area (Å²) in [6.45, 7) is 3.77. The second-order valence-corrected chi connectivity index (χ2v) is 10.2. The average molecular weight is 580 g/mol. The van der Waals surface area contributed by atoms with Crippen LogP contribution in [0.4, 0.5) is 4.39 Å². The van der Waals surface area contributed by atoms with E-state index in [9.17, 15) is 19.1 Å². The number of halogens is 2. The molecular formula is C25H27BrFN3O5S. The fourth-order valence-electron chi connectivity index (χ4n) is 4.31. The van der Waals surface area contributed by atoms with Gasteiger partial charge in [-0.05, 0) is 42.5 Å². The molecule has 2 aliphatic rings. The molecule has 1 saturated heterocycles. The molecule has 0 radical (unpaired) electrons. The Hall–Kier alpha value is -2.60. The predicted molar refractivity (Wildman–Crippen MR) is 138 cm³/mol. The Morgan fingerprint density at radius 1 is 1.39 bits per heavy atom. The van der Waals surface area contributed by atoms with Gasteiger partial charge in [0.15, 0.2) is 0 Å². The molecule has 1 aromatic carbocycles. The number of carboxylic acid groups (broad SMARTS) is 1. The Morgan fingerprint density at radius 2 is 2.22 bits per heavy atom. The third kappa shape index (κ3) is 6.20. The molecule has 2 N–H and O–H groups in total. The molecule has 2 unspecified atom stereocenters. The van der Waals surface area contributed by atoms with Crippen molar-refractivity contribution in [3.8, 4) is 0 Å². The maximum Gasteiger partial charge on any atom is 0.338 e. The first-order chi connectivity index (χ1) is 17.4. The molecule has 11 heteroatoms. The molecule has 2 aliphatic heterocycles. The van der Waals surface area contributed by atoms with Gasteiger partial charge in [-0.1, -0.05) is 28.1 Å². The molecule has 3 heterocycles. The van der Waals surface area contributed by atoms with Gasteiger partial charge >= 0.3 is 11.9 Å². The third-order valence-electron chi connectivity index (χ3n) is 6.04. The first-order valence-corrected chi connectivity index (χ1v) is 13.3. The van der Waals surface area contributed by atoms with Crippen molar-refractivity contribution in [1.29, 1.82) is 0 Å². The number of esters is 1. The number of nitrogens with zero attached hydrogens (tertiary/aromatic N) is 2. The van der Waals surface area contributed by atoms with Gasteiger partial charge in [0, 0.05) is 35.7 Å². The lowest BCUT2D eigenvalue weighted by atomic mass is 9.94. The number of aliphatic imine (C=N–C) groups is 1. The maximum absolute atomic E-state index is 13.9. The van der Waals surface area contributed by atoms with Gasteiger partial charge in [0.2, 0.25) is 0 Å². The van der Waals surface area contributed by atoms with Crippen molar-refractivity contribution in [2.24, 2.45) is 4.99 Å². The number of rotatable bonds is 9. The monoisotopic (exact) mass is 579 g/mol. The van der Waals surface area contributed by atoms with E-state index in [4.69, 9.17) is 14.5 Å². The van der Waals surface area contributed by atoms with Gasteiger partial charge in [-0.3, -0.25) is 14.7 Å². The number of aliphatic carboxylic acids is 1. The predicted octanol–water partition coefficient (Wildman–Crippen LogP) is 4.12. The van der Waals surface area contributed by atoms with Crippen LogP contribution in [0.25, 0.3) is 0 Å². The van der Waals surface area contributed by atoms with E-state index in [0.29, 0.717) is 59.9 Å². The summed E-state index contributed by atoms with van der Waals surface area (Å²) in [6.07, 6.45) is 0.449. The van der Waals surface area contributed by atoms with Crippen molar-refractivity contribution in [2.75, 3.05) is 32.9 Å². The number of morpholine rings is 1. The minimum atomic E-state index is -0.865. The van der Waals surface area contributed by atoms with Crippen molar-refractivity contribution in [3.05, 3.63) is 67.7 Å². The Morgan fingerprint density at radius 3 is 2.92 bits per heavy atom. The Kier molecular flexibility index (Phi) is 8.89. The molecule has 1 fully saturated rings. The van der Waals surface area contributed by atoms with Crippen LogP contribution >= 0.6 is 27.3 Å². The number of amidine groups is 1. The maximum atomic E-state index is 13.9. The van der Waals surface area contributed by atoms with E-state index in [1.807, 2.05) is 17.5 Å². The molecule has 36 heavy (non-hydrogen) atoms. The number of hydrogen-bond acceptors (Lipinski definition) is 8. The highest BCUT2D eigenvalue weighted by Gasteiger charge is 2.35. The lowest BCUT2D eigenvalue weighted by Gasteiger charge is -2.37. The number of ether oxygens (including phenoxy) is 2. The second-order valence-electron chi connectivity index (χ2n) is 8.39. The van der Waals surface area contributed by atoms with Gasteiger partial charge in [-0.2, -0.15) is 0 Å². The molecule has 2 atom stereocenters. The Bertz CT molecular complexity index is 1170. The largest absolute Gasteiger partial charge is 0.481 e. The third-order valence-corrected chi connectivity index (χ3v) is 7.60. The summed E-state index contributed by atoms with van der Waals surface area (Å²) >= 11 is 4.96. The van der Waals surface area contributed by atoms with Crippen LogP contribution in [0.15, 0.2) is 56.4 Å². The molecule has 192 valence electrons. The second kappa shape index (κ2) is 12.1. The van der Waals surface area contributed by atoms with Crippen LogP contribution in [0.3, 0.4) is 0 Å². The van der Waals surface area contributed by atoms with Crippen LogP contribution in [0.2, 0.25) is 0 Å². The standard InChI is InChI=1S/C25H27BrFN3O5S/c1-2-35-25(33)22-19(13-30-9-10-34-14-16(30)6-8-21(31)32)28-24(20-4-3-11-36-20)29-23(22)17-7-5-15(27)12-18(17)26/h3-5,7,11-12,16,23H,2,6,8-10,13-14H2,1H3,(H,28,29)(H,31,32). The number of carbonyl (C=O) groups is 2. The number of thiophene rings is 1. The number of carboxylic acids is 1. The van der Waals surface area contributed by atoms with E-state index in [2.05, 4.69) is 26.1 Å². The van der Waals surface area contributed by atoms with Crippen molar-refractivity contribution >= 4 is 45.0 Å². The highest BCUT2D eigenvalue weighted by Crippen LogP contribution is 2.37. The highest BCUT2D eigenvalue weighted by molar-refractivity contribution is 9.10. The molecule has 0 amide bonds. The van der Waals surface area contributed by atoms with Crippen LogP contribution in [-0.4, -0.2) is 66.7 Å². The number of nitrogens with one attached hydrogen (secondary N) is 1. The smallest absolute Gasteiger partial charge is 0.338 e. The van der Waals surface area contributed by atoms with Crippen molar-refractivity contribution in [3.63, 3.8) is 0 Å². The molecule has 0 aliphatic carbocycles. The summed E-state index contributed by atoms with van der Waals surface area (Å²) in [5.74, 6) is -1.18. The molecular weight excluding hydrogens is 553 g/mol. The van der Waals surface area contributed by atoms with Crippen molar-refractivity contribution in [1.82, 2.24) is 10.2 Å². The molecule has 2 aromatic rings. The topological polar surface area (TPSA) is 100 Å². The first kappa shape index (κ1) is 26.5. The van der Waals surface area contributed by atoms with Gasteiger partial charge in [0.25, 0.3) is 0 Å². The zero-order chi connectivity index (χ0) is 25.7. The fraction of sp³-hybridized carbons (Fsp3) is 0.400. The van der Waals surface area contributed by atoms with Gasteiger partial charge < -0.3 is 19.9 Å². The lowest BCUT2D eigenvalue weighted by Crippen LogP contribution is -2.49. The van der Waals surface area contributed by atoms with E-state index in [-0.39, 0.29) is 19.1 Å². The first-order valence-electron chi connectivity index (χ1n) is 11.6. The van der Waals surface area contributed by atoms with E-state index >= 15 is 0 Å². The minimum Gasteiger partial charge on any atom is -0.481 e. The van der Waals surface area contributed by atoms with Gasteiger partial charge in [-0.15, -0.1) is 11.3 Å². The van der Waals surface area contributed by atoms with Crippen LogP contribution in [0.5, 0.6) is 0 Å². The van der Waals surface area contributed by atoms with Gasteiger partial charge in [-0.25, -0.2) is 9.18 Å². The normalized spacial score (nSPS) is 20.6. The number of carbonyl (C=O) groups excluding carboxylic acids is 1. The summed E-state index contributed by atoms with van der Waals surface area (Å²) in [6, 6.07) is 7.31. The van der Waals surface area contributed by atoms with E-state index in [0.717, 1.165) is 4.88 Å². The molecule has 0 spiro atoms. The zero-order valence-corrected chi connectivity index (χ0v) is 22.1. The summed E-state index contributed by atoms with van der Waals surface area (Å²) in [7, 11) is 0. The van der Waals surface area contributed by atoms with Crippen LogP contribution in [0, 0.1) is 5.82 Å². The Labute approximate surface area is 220 Å². The van der Waals surface area contributed by atoms with E-state index in [1.54, 1.807) is 13.0 Å². The van der Waals surface area contributed by atoms with E-state index < -0.39 is 23.8 Å². The molecule has 0 saturated carbocycles.